The van der Waals surface area contributed by atoms with Crippen molar-refractivity contribution in [3.63, 3.8) is 0 Å². The lowest BCUT2D eigenvalue weighted by Crippen LogP contribution is -2.68. The molecule has 2 bridgehead atoms. The van der Waals surface area contributed by atoms with E-state index in [1.54, 1.807) is 0 Å². The number of aromatic nitrogens is 6. The smallest absolute Gasteiger partial charge is 0.163 e. The van der Waals surface area contributed by atoms with Crippen LogP contribution in [0.5, 0.6) is 0 Å². The standard InChI is InChI=1S/C32H29N9/c1-20-13-29(39-38-20)36-32-26-6-2-3-7-28(26)35-31(37-32)23-9-11-30(34-16-23)40-18-24-15-25(19-40)41(24)17-21-8-10-27-22(14-21)5-4-12-33-27/h2-14,16,24-25H,15,17-19H2,1H3,(H2,35,36,37,38,39). The van der Waals surface area contributed by atoms with Crippen LogP contribution in [-0.2, 0) is 6.54 Å². The van der Waals surface area contributed by atoms with Crippen LogP contribution >= 0.6 is 0 Å². The Morgan fingerprint density at radius 2 is 1.80 bits per heavy atom. The third-order valence-electron chi connectivity index (χ3n) is 8.26. The van der Waals surface area contributed by atoms with Gasteiger partial charge in [0.2, 0.25) is 0 Å². The number of anilines is 3. The first kappa shape index (κ1) is 24.0. The molecule has 6 aromatic rings. The predicted octanol–water partition coefficient (Wildman–Crippen LogP) is 5.48. The van der Waals surface area contributed by atoms with E-state index >= 15 is 0 Å². The van der Waals surface area contributed by atoms with Gasteiger partial charge in [-0.05, 0) is 61.4 Å². The molecule has 3 saturated heterocycles. The molecule has 0 amide bonds. The van der Waals surface area contributed by atoms with Crippen molar-refractivity contribution >= 4 is 39.3 Å². The molecule has 0 radical (unpaired) electrons. The monoisotopic (exact) mass is 539 g/mol. The number of fused-ring (bicyclic) bond motifs is 4. The molecule has 2 N–H and O–H groups in total. The van der Waals surface area contributed by atoms with E-state index in [2.05, 4.69) is 66.7 Å². The van der Waals surface area contributed by atoms with Crippen LogP contribution in [-0.4, -0.2) is 60.2 Å². The number of benzene rings is 2. The van der Waals surface area contributed by atoms with Gasteiger partial charge in [-0.1, -0.05) is 24.3 Å². The number of para-hydroxylation sites is 1. The molecule has 3 fully saturated rings. The summed E-state index contributed by atoms with van der Waals surface area (Å²) in [6.07, 6.45) is 4.99. The molecular weight excluding hydrogens is 510 g/mol. The maximum atomic E-state index is 4.87. The van der Waals surface area contributed by atoms with Crippen molar-refractivity contribution in [1.82, 2.24) is 35.0 Å². The van der Waals surface area contributed by atoms with Crippen LogP contribution in [0.15, 0.2) is 85.2 Å². The number of H-pyrrole nitrogens is 1. The van der Waals surface area contributed by atoms with E-state index < -0.39 is 0 Å². The van der Waals surface area contributed by atoms with E-state index in [1.807, 2.05) is 55.7 Å². The number of aromatic amines is 1. The Kier molecular flexibility index (Phi) is 5.63. The van der Waals surface area contributed by atoms with Gasteiger partial charge in [-0.2, -0.15) is 5.10 Å². The van der Waals surface area contributed by atoms with Gasteiger partial charge in [0, 0.05) is 72.2 Å². The molecule has 3 aliphatic rings. The minimum atomic E-state index is 0.544. The highest BCUT2D eigenvalue weighted by Gasteiger charge is 2.44. The highest BCUT2D eigenvalue weighted by atomic mass is 15.4. The Labute approximate surface area is 237 Å². The minimum Gasteiger partial charge on any atom is -0.353 e. The number of pyridine rings is 2. The van der Waals surface area contributed by atoms with Crippen molar-refractivity contribution in [3.8, 4) is 11.4 Å². The maximum absolute atomic E-state index is 4.87. The number of rotatable bonds is 6. The molecule has 0 saturated carbocycles. The number of nitrogens with zero attached hydrogens (tertiary/aromatic N) is 7. The molecule has 0 aliphatic carbocycles. The molecule has 9 heteroatoms. The molecule has 2 unspecified atom stereocenters. The molecule has 7 heterocycles. The fourth-order valence-corrected chi connectivity index (χ4v) is 6.18. The van der Waals surface area contributed by atoms with Gasteiger partial charge >= 0.3 is 0 Å². The highest BCUT2D eigenvalue weighted by molar-refractivity contribution is 5.92. The van der Waals surface area contributed by atoms with Crippen LogP contribution in [0, 0.1) is 6.92 Å². The third kappa shape index (κ3) is 4.44. The summed E-state index contributed by atoms with van der Waals surface area (Å²) in [4.78, 5) is 24.1. The van der Waals surface area contributed by atoms with Crippen LogP contribution in [0.25, 0.3) is 33.2 Å². The van der Waals surface area contributed by atoms with Gasteiger partial charge in [0.15, 0.2) is 11.6 Å². The molecule has 9 nitrogen and oxygen atoms in total. The number of hydrogen-bond donors (Lipinski definition) is 2. The summed E-state index contributed by atoms with van der Waals surface area (Å²) in [5.74, 6) is 3.09. The molecule has 41 heavy (non-hydrogen) atoms. The van der Waals surface area contributed by atoms with Crippen molar-refractivity contribution < 1.29 is 0 Å². The van der Waals surface area contributed by atoms with Gasteiger partial charge in [-0.3, -0.25) is 15.0 Å². The molecule has 2 aromatic carbocycles. The average Bonchev–Trinajstić information content (AvgIpc) is 3.44. The van der Waals surface area contributed by atoms with E-state index in [1.165, 1.54) is 17.4 Å². The van der Waals surface area contributed by atoms with Gasteiger partial charge in [-0.25, -0.2) is 15.0 Å². The van der Waals surface area contributed by atoms with Gasteiger partial charge in [0.25, 0.3) is 0 Å². The second-order valence-corrected chi connectivity index (χ2v) is 11.0. The van der Waals surface area contributed by atoms with E-state index in [-0.39, 0.29) is 0 Å². The number of piperazine rings is 1. The molecule has 4 aromatic heterocycles. The van der Waals surface area contributed by atoms with Gasteiger partial charge in [-0.15, -0.1) is 0 Å². The van der Waals surface area contributed by atoms with Crippen LogP contribution in [0.2, 0.25) is 0 Å². The molecule has 0 spiro atoms. The lowest BCUT2D eigenvalue weighted by atomic mass is 9.86. The summed E-state index contributed by atoms with van der Waals surface area (Å²) < 4.78 is 0. The van der Waals surface area contributed by atoms with Crippen LogP contribution in [0.3, 0.4) is 0 Å². The Morgan fingerprint density at radius 3 is 2.63 bits per heavy atom. The van der Waals surface area contributed by atoms with E-state index in [0.29, 0.717) is 17.9 Å². The zero-order valence-corrected chi connectivity index (χ0v) is 22.7. The second kappa shape index (κ2) is 9.64. The van der Waals surface area contributed by atoms with Gasteiger partial charge in [0.05, 0.1) is 11.0 Å². The Hall–Kier alpha value is -4.89. The molecule has 2 atom stereocenters. The van der Waals surface area contributed by atoms with E-state index in [9.17, 15) is 0 Å². The van der Waals surface area contributed by atoms with Crippen molar-refractivity contribution in [2.24, 2.45) is 0 Å². The molecular formula is C32H29N9. The SMILES string of the molecule is Cc1cc(Nc2nc(-c3ccc(N4CC5CC(C4)N5Cc4ccc5ncccc5c4)nc3)nc3ccccc23)n[nH]1. The first-order valence-electron chi connectivity index (χ1n) is 14.0. The summed E-state index contributed by atoms with van der Waals surface area (Å²) in [6, 6.07) is 26.0. The number of aryl methyl sites for hydroxylation is 1. The summed E-state index contributed by atoms with van der Waals surface area (Å²) in [5.41, 5.74) is 5.14. The van der Waals surface area contributed by atoms with Crippen molar-refractivity contribution in [3.05, 3.63) is 96.4 Å². The predicted molar refractivity (Wildman–Crippen MR) is 161 cm³/mol. The zero-order chi connectivity index (χ0) is 27.3. The number of nitrogens with one attached hydrogen (secondary N) is 2. The first-order valence-corrected chi connectivity index (χ1v) is 14.0. The maximum Gasteiger partial charge on any atom is 0.163 e. The van der Waals surface area contributed by atoms with Crippen LogP contribution in [0.4, 0.5) is 17.5 Å². The summed E-state index contributed by atoms with van der Waals surface area (Å²) in [7, 11) is 0. The summed E-state index contributed by atoms with van der Waals surface area (Å²) in [6.45, 7) is 4.93. The average molecular weight is 540 g/mol. The van der Waals surface area contributed by atoms with Gasteiger partial charge in [0.1, 0.15) is 11.6 Å². The summed E-state index contributed by atoms with van der Waals surface area (Å²) in [5, 5.41) is 12.8. The fraction of sp³-hybridized carbons (Fsp3) is 0.219. The van der Waals surface area contributed by atoms with Crippen LogP contribution in [0.1, 0.15) is 17.7 Å². The number of piperidine rings is 1. The van der Waals surface area contributed by atoms with Crippen LogP contribution < -0.4 is 10.2 Å². The minimum absolute atomic E-state index is 0.544. The fourth-order valence-electron chi connectivity index (χ4n) is 6.18. The Bertz CT molecular complexity index is 1870. The first-order chi connectivity index (χ1) is 20.2. The second-order valence-electron chi connectivity index (χ2n) is 11.0. The molecule has 3 aliphatic heterocycles. The zero-order valence-electron chi connectivity index (χ0n) is 22.7. The van der Waals surface area contributed by atoms with E-state index in [4.69, 9.17) is 15.0 Å². The lowest BCUT2D eigenvalue weighted by molar-refractivity contribution is -0.00865. The van der Waals surface area contributed by atoms with Crippen molar-refractivity contribution in [2.75, 3.05) is 23.3 Å². The molecule has 9 rings (SSSR count). The van der Waals surface area contributed by atoms with Crippen molar-refractivity contribution in [1.29, 1.82) is 0 Å². The normalized spacial score (nSPS) is 18.5. The van der Waals surface area contributed by atoms with Gasteiger partial charge < -0.3 is 10.2 Å². The largest absolute Gasteiger partial charge is 0.353 e. The lowest BCUT2D eigenvalue weighted by Gasteiger charge is -2.56. The Morgan fingerprint density at radius 1 is 0.902 bits per heavy atom. The summed E-state index contributed by atoms with van der Waals surface area (Å²) >= 11 is 0. The quantitative estimate of drug-likeness (QED) is 0.287. The topological polar surface area (TPSA) is 98.8 Å². The third-order valence-corrected chi connectivity index (χ3v) is 8.26. The Balaban J connectivity index is 0.991. The van der Waals surface area contributed by atoms with E-state index in [0.717, 1.165) is 64.8 Å². The highest BCUT2D eigenvalue weighted by Crippen LogP contribution is 2.36. The molecule has 202 valence electrons. The van der Waals surface area contributed by atoms with Crippen molar-refractivity contribution in [2.45, 2.75) is 32.0 Å². The number of hydrogen-bond acceptors (Lipinski definition) is 8.